The molecule has 1 fully saturated rings. The van der Waals surface area contributed by atoms with E-state index >= 15 is 0 Å². The molecule has 3 heterocycles. The summed E-state index contributed by atoms with van der Waals surface area (Å²) in [5.41, 5.74) is 1.01. The van der Waals surface area contributed by atoms with Crippen LogP contribution in [0.3, 0.4) is 0 Å². The van der Waals surface area contributed by atoms with Gasteiger partial charge in [0.2, 0.25) is 0 Å². The van der Waals surface area contributed by atoms with E-state index in [0.29, 0.717) is 17.8 Å². The zero-order valence-corrected chi connectivity index (χ0v) is 7.35. The molecule has 0 saturated carbocycles. The van der Waals surface area contributed by atoms with Gasteiger partial charge in [0, 0.05) is 12.6 Å². The first kappa shape index (κ1) is 8.04. The van der Waals surface area contributed by atoms with Crippen molar-refractivity contribution in [3.05, 3.63) is 23.3 Å². The Labute approximate surface area is 83.2 Å². The van der Waals surface area contributed by atoms with Crippen LogP contribution in [0.15, 0.2) is 23.3 Å². The molecule has 7 nitrogen and oxygen atoms in total. The molecule has 4 amide bonds. The van der Waals surface area contributed by atoms with Crippen molar-refractivity contribution < 1.29 is 19.5 Å². The number of nitrogens with one attached hydrogen (secondary N) is 1. The van der Waals surface area contributed by atoms with Crippen LogP contribution in [0.2, 0.25) is 0 Å². The zero-order chi connectivity index (χ0) is 10.7. The number of hydrogen-bond acceptors (Lipinski definition) is 3. The maximum absolute atomic E-state index is 11.3. The summed E-state index contributed by atoms with van der Waals surface area (Å²) in [4.78, 5) is 35.6. The minimum absolute atomic E-state index is 0.139. The van der Waals surface area contributed by atoms with Crippen LogP contribution in [0.25, 0.3) is 0 Å². The monoisotopic (exact) mass is 207 g/mol. The molecular formula is C8H5N3O4. The van der Waals surface area contributed by atoms with Gasteiger partial charge in [0.05, 0.1) is 11.4 Å². The van der Waals surface area contributed by atoms with Gasteiger partial charge in [-0.2, -0.15) is 0 Å². The van der Waals surface area contributed by atoms with E-state index in [0.717, 1.165) is 4.90 Å². The molecule has 7 heteroatoms. The van der Waals surface area contributed by atoms with Crippen LogP contribution in [-0.4, -0.2) is 32.9 Å². The predicted molar refractivity (Wildman–Crippen MR) is 45.0 cm³/mol. The molecule has 0 aromatic rings. The molecule has 0 aromatic heterocycles. The first-order valence-corrected chi connectivity index (χ1v) is 4.21. The van der Waals surface area contributed by atoms with Crippen molar-refractivity contribution in [2.24, 2.45) is 0 Å². The fourth-order valence-corrected chi connectivity index (χ4v) is 1.98. The molecule has 2 bridgehead atoms. The smallest absolute Gasteiger partial charge is 0.415 e. The first-order chi connectivity index (χ1) is 7.09. The van der Waals surface area contributed by atoms with Gasteiger partial charge in [-0.05, 0) is 0 Å². The lowest BCUT2D eigenvalue weighted by Crippen LogP contribution is -2.28. The second kappa shape index (κ2) is 2.19. The van der Waals surface area contributed by atoms with Crippen molar-refractivity contribution in [3.63, 3.8) is 0 Å². The standard InChI is InChI=1S/C8H5N3O4/c12-6-5-4-1-3(2-10(4)8(14)15)11(5)7(13)9-6/h2H,1H2,(H,14,15)(H,9,12,13). The fraction of sp³-hybridized carbons (Fsp3) is 0.125. The molecule has 15 heavy (non-hydrogen) atoms. The number of amides is 4. The normalized spacial score (nSPS) is 22.3. The highest BCUT2D eigenvalue weighted by Gasteiger charge is 2.48. The summed E-state index contributed by atoms with van der Waals surface area (Å²) in [6, 6.07) is -0.513. The number of rotatable bonds is 0. The van der Waals surface area contributed by atoms with Crippen molar-refractivity contribution in [3.8, 4) is 0 Å². The average molecular weight is 207 g/mol. The average Bonchev–Trinajstić information content (AvgIpc) is 2.77. The SMILES string of the molecule is O=C1NC(=O)N2C3=CN(C(=O)O)C(=C12)C3. The highest BCUT2D eigenvalue weighted by molar-refractivity contribution is 6.14. The molecule has 3 aliphatic heterocycles. The lowest BCUT2D eigenvalue weighted by molar-refractivity contribution is -0.116. The van der Waals surface area contributed by atoms with Crippen LogP contribution in [-0.2, 0) is 4.79 Å². The van der Waals surface area contributed by atoms with Gasteiger partial charge in [-0.15, -0.1) is 0 Å². The Morgan fingerprint density at radius 3 is 2.87 bits per heavy atom. The van der Waals surface area contributed by atoms with Crippen molar-refractivity contribution >= 4 is 18.0 Å². The van der Waals surface area contributed by atoms with Crippen molar-refractivity contribution in [2.45, 2.75) is 6.42 Å². The van der Waals surface area contributed by atoms with Gasteiger partial charge >= 0.3 is 12.1 Å². The highest BCUT2D eigenvalue weighted by atomic mass is 16.4. The summed E-state index contributed by atoms with van der Waals surface area (Å²) >= 11 is 0. The van der Waals surface area contributed by atoms with E-state index in [2.05, 4.69) is 5.32 Å². The summed E-state index contributed by atoms with van der Waals surface area (Å²) < 4.78 is 0. The highest BCUT2D eigenvalue weighted by Crippen LogP contribution is 2.42. The summed E-state index contributed by atoms with van der Waals surface area (Å²) in [5.74, 6) is -0.538. The molecule has 0 atom stereocenters. The molecule has 1 saturated heterocycles. The van der Waals surface area contributed by atoms with Gasteiger partial charge in [-0.1, -0.05) is 0 Å². The van der Waals surface area contributed by atoms with Gasteiger partial charge in [-0.25, -0.2) is 9.59 Å². The molecule has 76 valence electrons. The third-order valence-electron chi connectivity index (χ3n) is 2.55. The molecular weight excluding hydrogens is 202 g/mol. The quantitative estimate of drug-likeness (QED) is 0.546. The number of carboxylic acid groups (broad SMARTS) is 1. The molecule has 0 radical (unpaired) electrons. The molecule has 2 N–H and O–H groups in total. The number of nitrogens with zero attached hydrogens (tertiary/aromatic N) is 2. The number of carbonyl (C=O) groups is 3. The number of fused-ring (bicyclic) bond motifs is 4. The fourth-order valence-electron chi connectivity index (χ4n) is 1.98. The number of hydrogen-bond donors (Lipinski definition) is 2. The van der Waals surface area contributed by atoms with E-state index in [1.807, 2.05) is 0 Å². The van der Waals surface area contributed by atoms with E-state index in [1.165, 1.54) is 11.1 Å². The largest absolute Gasteiger partial charge is 0.464 e. The van der Waals surface area contributed by atoms with Crippen LogP contribution >= 0.6 is 0 Å². The summed E-state index contributed by atoms with van der Waals surface area (Å²) in [5, 5.41) is 10.9. The Balaban J connectivity index is 2.15. The molecule has 3 rings (SSSR count). The van der Waals surface area contributed by atoms with Gasteiger partial charge in [-0.3, -0.25) is 19.9 Å². The van der Waals surface area contributed by atoms with Crippen molar-refractivity contribution in [1.29, 1.82) is 0 Å². The third-order valence-corrected chi connectivity index (χ3v) is 2.55. The second-order valence-electron chi connectivity index (χ2n) is 3.34. The third kappa shape index (κ3) is 0.773. The molecule has 0 aliphatic carbocycles. The molecule has 0 aromatic carbocycles. The van der Waals surface area contributed by atoms with Crippen LogP contribution in [0, 0.1) is 0 Å². The maximum atomic E-state index is 11.3. The van der Waals surface area contributed by atoms with Gasteiger partial charge in [0.25, 0.3) is 5.91 Å². The first-order valence-electron chi connectivity index (χ1n) is 4.21. The lowest BCUT2D eigenvalue weighted by Gasteiger charge is -2.18. The number of carbonyl (C=O) groups excluding carboxylic acids is 2. The Bertz CT molecular complexity index is 490. The van der Waals surface area contributed by atoms with E-state index in [1.54, 1.807) is 0 Å². The topological polar surface area (TPSA) is 90.0 Å². The van der Waals surface area contributed by atoms with Crippen molar-refractivity contribution in [2.75, 3.05) is 0 Å². The van der Waals surface area contributed by atoms with Gasteiger partial charge in [0.15, 0.2) is 0 Å². The van der Waals surface area contributed by atoms with E-state index in [9.17, 15) is 14.4 Å². The summed E-state index contributed by atoms with van der Waals surface area (Å²) in [7, 11) is 0. The number of urea groups is 1. The lowest BCUT2D eigenvalue weighted by atomic mass is 10.3. The van der Waals surface area contributed by atoms with E-state index in [4.69, 9.17) is 5.11 Å². The Morgan fingerprint density at radius 1 is 1.47 bits per heavy atom. The van der Waals surface area contributed by atoms with Crippen LogP contribution in [0.1, 0.15) is 6.42 Å². The van der Waals surface area contributed by atoms with Crippen molar-refractivity contribution in [1.82, 2.24) is 15.1 Å². The van der Waals surface area contributed by atoms with E-state index < -0.39 is 18.0 Å². The van der Waals surface area contributed by atoms with Gasteiger partial charge < -0.3 is 5.11 Å². The summed E-state index contributed by atoms with van der Waals surface area (Å²) in [6.07, 6.45) is 0.513. The Kier molecular flexibility index (Phi) is 1.17. The zero-order valence-electron chi connectivity index (χ0n) is 7.35. The summed E-state index contributed by atoms with van der Waals surface area (Å²) in [6.45, 7) is 0. The maximum Gasteiger partial charge on any atom is 0.415 e. The minimum atomic E-state index is -1.15. The molecule has 0 unspecified atom stereocenters. The Hall–Kier alpha value is -2.31. The molecule has 0 spiro atoms. The number of imide groups is 1. The van der Waals surface area contributed by atoms with Crippen LogP contribution in [0.5, 0.6) is 0 Å². The Morgan fingerprint density at radius 2 is 2.20 bits per heavy atom. The predicted octanol–water partition coefficient (Wildman–Crippen LogP) is -0.0115. The van der Waals surface area contributed by atoms with Crippen LogP contribution in [0.4, 0.5) is 9.59 Å². The second-order valence-corrected chi connectivity index (χ2v) is 3.34. The minimum Gasteiger partial charge on any atom is -0.464 e. The van der Waals surface area contributed by atoms with E-state index in [-0.39, 0.29) is 5.70 Å². The molecule has 3 aliphatic rings. The van der Waals surface area contributed by atoms with Crippen LogP contribution < -0.4 is 5.32 Å². The van der Waals surface area contributed by atoms with Gasteiger partial charge in [0.1, 0.15) is 5.70 Å².